The van der Waals surface area contributed by atoms with Gasteiger partial charge in [-0.1, -0.05) is 6.07 Å². The third kappa shape index (κ3) is 4.16. The first-order valence-electron chi connectivity index (χ1n) is 10.1. The highest BCUT2D eigenvalue weighted by Crippen LogP contribution is 2.36. The summed E-state index contributed by atoms with van der Waals surface area (Å²) in [6.45, 7) is 0.954. The van der Waals surface area contributed by atoms with Gasteiger partial charge in [-0.05, 0) is 43.2 Å². The first kappa shape index (κ1) is 21.8. The third-order valence-electron chi connectivity index (χ3n) is 5.26. The molecule has 0 bridgehead atoms. The molecule has 1 aliphatic carbocycles. The number of hydrogen-bond acceptors (Lipinski definition) is 4. The number of benzene rings is 2. The van der Waals surface area contributed by atoms with Crippen LogP contribution in [0.2, 0.25) is 0 Å². The van der Waals surface area contributed by atoms with Crippen molar-refractivity contribution in [3.05, 3.63) is 77.6 Å². The summed E-state index contributed by atoms with van der Waals surface area (Å²) >= 11 is 0. The fourth-order valence-corrected chi connectivity index (χ4v) is 3.64. The molecular weight excluding hydrogens is 424 g/mol. The fraction of sp³-hybridized carbons (Fsp3) is 0.217. The normalized spacial score (nSPS) is 13.2. The lowest BCUT2D eigenvalue weighted by molar-refractivity contribution is 0.102. The topological polar surface area (TPSA) is 71.2 Å². The van der Waals surface area contributed by atoms with Crippen molar-refractivity contribution in [1.82, 2.24) is 4.98 Å². The molecule has 3 N–H and O–H groups in total. The second-order valence-electron chi connectivity index (χ2n) is 7.44. The van der Waals surface area contributed by atoms with Gasteiger partial charge in [-0.3, -0.25) is 9.78 Å². The molecule has 1 saturated carbocycles. The van der Waals surface area contributed by atoms with Crippen LogP contribution in [0.3, 0.4) is 0 Å². The number of carbonyl (C=O) groups excluding carboxylic acids is 1. The predicted octanol–water partition coefficient (Wildman–Crippen LogP) is 4.48. The molecule has 0 atom stereocenters. The van der Waals surface area contributed by atoms with Crippen LogP contribution in [-0.4, -0.2) is 30.0 Å². The largest absolute Gasteiger partial charge is 0.366 e. The van der Waals surface area contributed by atoms with Crippen LogP contribution in [0.25, 0.3) is 11.1 Å². The Kier molecular flexibility index (Phi) is 6.09. The average Bonchev–Trinajstić information content (AvgIpc) is 3.60. The first-order valence-corrected chi connectivity index (χ1v) is 10.1. The van der Waals surface area contributed by atoms with Crippen LogP contribution >= 0.6 is 0 Å². The summed E-state index contributed by atoms with van der Waals surface area (Å²) in [5.41, 5.74) is 4.33. The summed E-state index contributed by atoms with van der Waals surface area (Å²) in [4.78, 5) is 18.9. The lowest BCUT2D eigenvalue weighted by Gasteiger charge is -2.26. The fourth-order valence-electron chi connectivity index (χ4n) is 3.64. The maximum Gasteiger partial charge on any atom is 0.258 e. The van der Waals surface area contributed by atoms with Gasteiger partial charge in [0, 0.05) is 25.3 Å². The molecule has 1 fully saturated rings. The molecule has 9 heteroatoms. The van der Waals surface area contributed by atoms with Crippen LogP contribution in [0.1, 0.15) is 23.2 Å². The Balaban J connectivity index is 1.71. The van der Waals surface area contributed by atoms with Crippen LogP contribution in [-0.2, 0) is 0 Å². The minimum absolute atomic E-state index is 0.287. The lowest BCUT2D eigenvalue weighted by Crippen LogP contribution is -2.32. The molecular formula is C23H20F4N4O. The molecule has 0 radical (unpaired) electrons. The van der Waals surface area contributed by atoms with Crippen LogP contribution in [0.4, 0.5) is 28.9 Å². The summed E-state index contributed by atoms with van der Waals surface area (Å²) in [6, 6.07) is 6.58. The number of anilines is 2. The summed E-state index contributed by atoms with van der Waals surface area (Å²) < 4.78 is 57.9. The molecule has 2 aromatic carbocycles. The number of hydrogen-bond donors (Lipinski definition) is 2. The number of nitrogens with two attached hydrogens (primary N) is 1. The van der Waals surface area contributed by atoms with Crippen molar-refractivity contribution in [3.8, 4) is 11.1 Å². The van der Waals surface area contributed by atoms with E-state index >= 15 is 4.39 Å². The van der Waals surface area contributed by atoms with Crippen molar-refractivity contribution in [2.75, 3.05) is 23.3 Å². The van der Waals surface area contributed by atoms with E-state index in [1.807, 2.05) is 4.90 Å². The van der Waals surface area contributed by atoms with Crippen molar-refractivity contribution in [1.29, 1.82) is 0 Å². The molecule has 1 amide bonds. The van der Waals surface area contributed by atoms with Crippen molar-refractivity contribution in [3.63, 3.8) is 0 Å². The maximum atomic E-state index is 15.2. The number of pyridine rings is 1. The van der Waals surface area contributed by atoms with Gasteiger partial charge in [0.15, 0.2) is 0 Å². The van der Waals surface area contributed by atoms with E-state index in [4.69, 9.17) is 5.73 Å². The smallest absolute Gasteiger partial charge is 0.258 e. The van der Waals surface area contributed by atoms with E-state index in [9.17, 15) is 18.0 Å². The minimum atomic E-state index is -1.36. The Morgan fingerprint density at radius 2 is 1.72 bits per heavy atom. The summed E-state index contributed by atoms with van der Waals surface area (Å²) in [6.07, 6.45) is 4.95. The second kappa shape index (κ2) is 8.96. The Bertz CT molecular complexity index is 1150. The molecule has 0 aliphatic heterocycles. The third-order valence-corrected chi connectivity index (χ3v) is 5.26. The number of nitrogens with one attached hydrogen (secondary N) is 1. The van der Waals surface area contributed by atoms with Crippen LogP contribution in [0, 0.1) is 23.3 Å². The van der Waals surface area contributed by atoms with Crippen molar-refractivity contribution < 1.29 is 22.4 Å². The molecule has 4 rings (SSSR count). The van der Waals surface area contributed by atoms with Gasteiger partial charge in [-0.15, -0.1) is 0 Å². The number of carbonyl (C=O) groups is 1. The summed E-state index contributed by atoms with van der Waals surface area (Å²) in [5, 5.41) is 2.58. The number of nitrogens with zero attached hydrogens (tertiary/aromatic N) is 2. The Labute approximate surface area is 181 Å². The molecule has 166 valence electrons. The van der Waals surface area contributed by atoms with Gasteiger partial charge in [-0.25, -0.2) is 17.6 Å². The summed E-state index contributed by atoms with van der Waals surface area (Å²) in [7, 11) is 0. The van der Waals surface area contributed by atoms with E-state index in [0.29, 0.717) is 24.5 Å². The van der Waals surface area contributed by atoms with E-state index < -0.39 is 45.9 Å². The van der Waals surface area contributed by atoms with E-state index in [1.54, 1.807) is 12.3 Å². The Morgan fingerprint density at radius 1 is 1.03 bits per heavy atom. The zero-order valence-corrected chi connectivity index (χ0v) is 16.9. The van der Waals surface area contributed by atoms with Gasteiger partial charge < -0.3 is 16.0 Å². The molecule has 3 aromatic rings. The van der Waals surface area contributed by atoms with Crippen molar-refractivity contribution in [2.24, 2.45) is 5.73 Å². The van der Waals surface area contributed by atoms with Gasteiger partial charge >= 0.3 is 0 Å². The predicted molar refractivity (Wildman–Crippen MR) is 113 cm³/mol. The Morgan fingerprint density at radius 3 is 2.38 bits per heavy atom. The molecule has 32 heavy (non-hydrogen) atoms. The van der Waals surface area contributed by atoms with Crippen LogP contribution in [0.5, 0.6) is 0 Å². The molecule has 1 aliphatic rings. The highest BCUT2D eigenvalue weighted by molar-refractivity contribution is 6.06. The maximum absolute atomic E-state index is 15.2. The van der Waals surface area contributed by atoms with Crippen molar-refractivity contribution in [2.45, 2.75) is 18.9 Å². The highest BCUT2D eigenvalue weighted by atomic mass is 19.1. The quantitative estimate of drug-likeness (QED) is 0.527. The van der Waals surface area contributed by atoms with E-state index in [1.165, 1.54) is 6.20 Å². The highest BCUT2D eigenvalue weighted by Gasteiger charge is 2.31. The van der Waals surface area contributed by atoms with Gasteiger partial charge in [0.25, 0.3) is 5.91 Å². The molecule has 5 nitrogen and oxygen atoms in total. The molecule has 1 heterocycles. The Hall–Kier alpha value is -3.46. The van der Waals surface area contributed by atoms with Gasteiger partial charge in [-0.2, -0.15) is 0 Å². The van der Waals surface area contributed by atoms with E-state index in [2.05, 4.69) is 10.3 Å². The zero-order valence-electron chi connectivity index (χ0n) is 16.9. The number of rotatable bonds is 7. The second-order valence-corrected chi connectivity index (χ2v) is 7.44. The van der Waals surface area contributed by atoms with Crippen LogP contribution in [0.15, 0.2) is 48.8 Å². The number of halogens is 4. The average molecular weight is 444 g/mol. The molecule has 0 spiro atoms. The zero-order chi connectivity index (χ0) is 22.8. The molecule has 0 unspecified atom stereocenters. The van der Waals surface area contributed by atoms with Gasteiger partial charge in [0.05, 0.1) is 34.3 Å². The standard InChI is InChI=1S/C23H20F4N4O/c24-15-2-1-3-16(25)20(15)21-17(26)7-6-14(22(21)27)23(32)30-18-12-29-10-8-19(18)31(11-9-28)13-4-5-13/h1-3,6-8,10,12-13H,4-5,9,11,28H2,(H,30,32). The number of aromatic nitrogens is 1. The van der Waals surface area contributed by atoms with Crippen LogP contribution < -0.4 is 16.0 Å². The number of amides is 1. The SMILES string of the molecule is NCCN(c1ccncc1NC(=O)c1ccc(F)c(-c2c(F)cccc2F)c1F)C1CC1. The van der Waals surface area contributed by atoms with E-state index in [0.717, 1.165) is 43.2 Å². The minimum Gasteiger partial charge on any atom is -0.366 e. The molecule has 0 saturated heterocycles. The van der Waals surface area contributed by atoms with Gasteiger partial charge in [0.1, 0.15) is 23.3 Å². The van der Waals surface area contributed by atoms with Gasteiger partial charge in [0.2, 0.25) is 0 Å². The van der Waals surface area contributed by atoms with Crippen molar-refractivity contribution >= 4 is 17.3 Å². The summed E-state index contributed by atoms with van der Waals surface area (Å²) in [5.74, 6) is -5.74. The first-order chi connectivity index (χ1) is 15.4. The van der Waals surface area contributed by atoms with E-state index in [-0.39, 0.29) is 6.04 Å². The lowest BCUT2D eigenvalue weighted by atomic mass is 9.99. The monoisotopic (exact) mass is 444 g/mol. The molecule has 1 aromatic heterocycles.